The molecule has 0 bridgehead atoms. The van der Waals surface area contributed by atoms with Gasteiger partial charge in [-0.25, -0.2) is 9.37 Å². The van der Waals surface area contributed by atoms with E-state index in [4.69, 9.17) is 23.2 Å². The third-order valence-corrected chi connectivity index (χ3v) is 3.62. The lowest BCUT2D eigenvalue weighted by molar-refractivity contribution is 0.618. The second kappa shape index (κ2) is 5.08. The molecule has 0 spiro atoms. The van der Waals surface area contributed by atoms with Crippen molar-refractivity contribution in [3.63, 3.8) is 0 Å². The molecule has 0 saturated carbocycles. The Morgan fingerprint density at radius 2 is 2.00 bits per heavy atom. The van der Waals surface area contributed by atoms with E-state index in [1.54, 1.807) is 10.6 Å². The van der Waals surface area contributed by atoms with Crippen LogP contribution in [0.4, 0.5) is 4.39 Å². The van der Waals surface area contributed by atoms with Gasteiger partial charge in [-0.2, -0.15) is 0 Å². The number of rotatable bonds is 2. The van der Waals surface area contributed by atoms with Crippen LogP contribution in [-0.4, -0.2) is 9.55 Å². The van der Waals surface area contributed by atoms with Gasteiger partial charge in [0.25, 0.3) is 0 Å². The maximum Gasteiger partial charge on any atom is 0.147 e. The number of nitrogens with zero attached hydrogens (tertiary/aromatic N) is 2. The van der Waals surface area contributed by atoms with Crippen molar-refractivity contribution in [1.29, 1.82) is 0 Å². The molecule has 0 aliphatic rings. The van der Waals surface area contributed by atoms with Crippen molar-refractivity contribution in [1.82, 2.24) is 9.55 Å². The molecule has 0 N–H and O–H groups in total. The molecule has 0 saturated heterocycles. The summed E-state index contributed by atoms with van der Waals surface area (Å²) < 4.78 is 15.8. The zero-order chi connectivity index (χ0) is 14.3. The number of aromatic nitrogens is 2. The minimum Gasteiger partial charge on any atom is -0.292 e. The average molecular weight is 309 g/mol. The van der Waals surface area contributed by atoms with Gasteiger partial charge in [-0.05, 0) is 42.8 Å². The zero-order valence-corrected chi connectivity index (χ0v) is 12.2. The monoisotopic (exact) mass is 308 g/mol. The Balaban J connectivity index is 2.37. The van der Waals surface area contributed by atoms with Gasteiger partial charge in [0.15, 0.2) is 0 Å². The normalized spacial score (nSPS) is 11.2. The molecule has 0 unspecified atom stereocenters. The molecule has 102 valence electrons. The number of fused-ring (bicyclic) bond motifs is 1. The summed E-state index contributed by atoms with van der Waals surface area (Å²) >= 11 is 11.9. The number of benzene rings is 2. The molecule has 20 heavy (non-hydrogen) atoms. The van der Waals surface area contributed by atoms with Crippen molar-refractivity contribution in [2.75, 3.05) is 0 Å². The second-order valence-electron chi connectivity index (χ2n) is 4.58. The van der Waals surface area contributed by atoms with Crippen LogP contribution in [0, 0.1) is 12.7 Å². The largest absolute Gasteiger partial charge is 0.292 e. The van der Waals surface area contributed by atoms with Crippen LogP contribution in [0.1, 0.15) is 11.4 Å². The molecule has 0 radical (unpaired) electrons. The highest BCUT2D eigenvalue weighted by Gasteiger charge is 2.15. The Kier molecular flexibility index (Phi) is 3.40. The van der Waals surface area contributed by atoms with Crippen molar-refractivity contribution >= 4 is 34.2 Å². The summed E-state index contributed by atoms with van der Waals surface area (Å²) in [6.07, 6.45) is 0. The smallest absolute Gasteiger partial charge is 0.147 e. The lowest BCUT2D eigenvalue weighted by Gasteiger charge is -2.09. The van der Waals surface area contributed by atoms with E-state index in [0.29, 0.717) is 16.5 Å². The Labute approximate surface area is 125 Å². The van der Waals surface area contributed by atoms with Gasteiger partial charge in [0.1, 0.15) is 11.6 Å². The summed E-state index contributed by atoms with van der Waals surface area (Å²) in [7, 11) is 0. The van der Waals surface area contributed by atoms with Crippen molar-refractivity contribution < 1.29 is 4.39 Å². The van der Waals surface area contributed by atoms with Crippen LogP contribution >= 0.6 is 23.2 Å². The van der Waals surface area contributed by atoms with Crippen LogP contribution < -0.4 is 0 Å². The zero-order valence-electron chi connectivity index (χ0n) is 10.7. The lowest BCUT2D eigenvalue weighted by Crippen LogP contribution is -2.02. The summed E-state index contributed by atoms with van der Waals surface area (Å²) in [5.41, 5.74) is 3.06. The van der Waals surface area contributed by atoms with Crippen LogP contribution in [0.3, 0.4) is 0 Å². The van der Waals surface area contributed by atoms with E-state index in [2.05, 4.69) is 4.98 Å². The average Bonchev–Trinajstić information content (AvgIpc) is 2.78. The standard InChI is InChI=1S/C15H11Cl2FN2/c1-9-2-5-13-12(6-9)19-15(8-16)20(13)14-7-10(17)3-4-11(14)18/h2-7H,8H2,1H3. The SMILES string of the molecule is Cc1ccc2c(c1)nc(CCl)n2-c1cc(Cl)ccc1F. The van der Waals surface area contributed by atoms with E-state index in [9.17, 15) is 4.39 Å². The summed E-state index contributed by atoms with van der Waals surface area (Å²) in [4.78, 5) is 4.46. The third-order valence-electron chi connectivity index (χ3n) is 3.15. The Morgan fingerprint density at radius 1 is 1.20 bits per heavy atom. The molecule has 1 heterocycles. The molecule has 3 rings (SSSR count). The highest BCUT2D eigenvalue weighted by atomic mass is 35.5. The molecule has 2 nitrogen and oxygen atoms in total. The number of hydrogen-bond donors (Lipinski definition) is 0. The van der Waals surface area contributed by atoms with Crippen molar-refractivity contribution in [2.24, 2.45) is 0 Å². The van der Waals surface area contributed by atoms with Crippen LogP contribution in [0.5, 0.6) is 0 Å². The van der Waals surface area contributed by atoms with Crippen LogP contribution in [-0.2, 0) is 5.88 Å². The Bertz CT molecular complexity index is 796. The molecule has 0 amide bonds. The predicted molar refractivity (Wildman–Crippen MR) is 80.3 cm³/mol. The number of imidazole rings is 1. The quantitative estimate of drug-likeness (QED) is 0.618. The van der Waals surface area contributed by atoms with Gasteiger partial charge in [-0.1, -0.05) is 17.7 Å². The van der Waals surface area contributed by atoms with E-state index < -0.39 is 0 Å². The van der Waals surface area contributed by atoms with E-state index in [0.717, 1.165) is 16.6 Å². The Morgan fingerprint density at radius 3 is 2.75 bits per heavy atom. The molecule has 1 aromatic heterocycles. The van der Waals surface area contributed by atoms with Gasteiger partial charge in [0, 0.05) is 5.02 Å². The van der Waals surface area contributed by atoms with Crippen LogP contribution in [0.2, 0.25) is 5.02 Å². The summed E-state index contributed by atoms with van der Waals surface area (Å²) in [5, 5.41) is 0.468. The minimum atomic E-state index is -0.361. The number of alkyl halides is 1. The number of hydrogen-bond acceptors (Lipinski definition) is 1. The first-order valence-electron chi connectivity index (χ1n) is 6.09. The van der Waals surface area contributed by atoms with Gasteiger partial charge in [0.05, 0.1) is 22.6 Å². The van der Waals surface area contributed by atoms with E-state index in [1.165, 1.54) is 12.1 Å². The maximum absolute atomic E-state index is 14.1. The molecular formula is C15H11Cl2FN2. The lowest BCUT2D eigenvalue weighted by atomic mass is 10.2. The van der Waals surface area contributed by atoms with Crippen molar-refractivity contribution in [2.45, 2.75) is 12.8 Å². The number of halogens is 3. The molecule has 0 aliphatic heterocycles. The Hall–Kier alpha value is -1.58. The van der Waals surface area contributed by atoms with Gasteiger partial charge < -0.3 is 0 Å². The fourth-order valence-corrected chi connectivity index (χ4v) is 2.60. The molecule has 2 aromatic carbocycles. The fraction of sp³-hybridized carbons (Fsp3) is 0.133. The first kappa shape index (κ1) is 13.4. The highest BCUT2D eigenvalue weighted by molar-refractivity contribution is 6.30. The van der Waals surface area contributed by atoms with Gasteiger partial charge in [0.2, 0.25) is 0 Å². The van der Waals surface area contributed by atoms with Crippen LogP contribution in [0.25, 0.3) is 16.7 Å². The van der Waals surface area contributed by atoms with Gasteiger partial charge in [-0.15, -0.1) is 11.6 Å². The molecule has 0 fully saturated rings. The van der Waals surface area contributed by atoms with E-state index >= 15 is 0 Å². The fourth-order valence-electron chi connectivity index (χ4n) is 2.26. The van der Waals surface area contributed by atoms with Crippen LogP contribution in [0.15, 0.2) is 36.4 Å². The van der Waals surface area contributed by atoms with Gasteiger partial charge in [-0.3, -0.25) is 4.57 Å². The van der Waals surface area contributed by atoms with E-state index in [-0.39, 0.29) is 11.7 Å². The maximum atomic E-state index is 14.1. The third kappa shape index (κ3) is 2.17. The highest BCUT2D eigenvalue weighted by Crippen LogP contribution is 2.27. The first-order chi connectivity index (χ1) is 9.60. The molecule has 5 heteroatoms. The molecule has 0 aliphatic carbocycles. The topological polar surface area (TPSA) is 17.8 Å². The second-order valence-corrected chi connectivity index (χ2v) is 5.29. The predicted octanol–water partition coefficient (Wildman–Crippen LogP) is 4.87. The molecular weight excluding hydrogens is 298 g/mol. The molecule has 3 aromatic rings. The summed E-state index contributed by atoms with van der Waals surface area (Å²) in [5.74, 6) is 0.425. The number of aryl methyl sites for hydroxylation is 1. The minimum absolute atomic E-state index is 0.194. The van der Waals surface area contributed by atoms with Crippen molar-refractivity contribution in [3.8, 4) is 5.69 Å². The van der Waals surface area contributed by atoms with Gasteiger partial charge >= 0.3 is 0 Å². The van der Waals surface area contributed by atoms with Crippen molar-refractivity contribution in [3.05, 3.63) is 58.6 Å². The van der Waals surface area contributed by atoms with E-state index in [1.807, 2.05) is 25.1 Å². The first-order valence-corrected chi connectivity index (χ1v) is 7.01. The summed E-state index contributed by atoms with van der Waals surface area (Å²) in [6.45, 7) is 1.98. The molecule has 0 atom stereocenters. The summed E-state index contributed by atoms with van der Waals surface area (Å²) in [6, 6.07) is 10.3.